The molecule has 2 aromatic rings. The Balaban J connectivity index is 2.04. The highest BCUT2D eigenvalue weighted by atomic mass is 35.5. The predicted molar refractivity (Wildman–Crippen MR) is 96.8 cm³/mol. The van der Waals surface area contributed by atoms with Crippen LogP contribution < -0.4 is 0 Å². The van der Waals surface area contributed by atoms with Gasteiger partial charge >= 0.3 is 0 Å². The summed E-state index contributed by atoms with van der Waals surface area (Å²) in [6.45, 7) is 3.65. The van der Waals surface area contributed by atoms with Crippen molar-refractivity contribution in [2.45, 2.75) is 17.9 Å². The van der Waals surface area contributed by atoms with Gasteiger partial charge in [0.05, 0.1) is 10.9 Å². The summed E-state index contributed by atoms with van der Waals surface area (Å²) in [5.41, 5.74) is 1.69. The summed E-state index contributed by atoms with van der Waals surface area (Å²) in [5.74, 6) is 0. The van der Waals surface area contributed by atoms with Gasteiger partial charge in [0.15, 0.2) is 0 Å². The molecular weight excluding hydrogens is 344 g/mol. The van der Waals surface area contributed by atoms with Crippen molar-refractivity contribution >= 4 is 21.6 Å². The first-order valence-electron chi connectivity index (χ1n) is 7.91. The number of benzene rings is 2. The Hall–Kier alpha value is -1.40. The summed E-state index contributed by atoms with van der Waals surface area (Å²) < 4.78 is 28.2. The second-order valence-corrected chi connectivity index (χ2v) is 8.51. The van der Waals surface area contributed by atoms with Crippen LogP contribution in [0.2, 0.25) is 5.02 Å². The summed E-state index contributed by atoms with van der Waals surface area (Å²) >= 11 is 5.98. The van der Waals surface area contributed by atoms with Crippen LogP contribution in [0.15, 0.2) is 53.4 Å². The molecule has 0 amide bonds. The van der Waals surface area contributed by atoms with Gasteiger partial charge in [-0.25, -0.2) is 8.42 Å². The number of halogens is 1. The first kappa shape index (κ1) is 17.4. The Kier molecular flexibility index (Phi) is 4.97. The number of sulfonamides is 1. The van der Waals surface area contributed by atoms with E-state index < -0.39 is 10.0 Å². The van der Waals surface area contributed by atoms with Crippen LogP contribution in [0.4, 0.5) is 0 Å². The van der Waals surface area contributed by atoms with Crippen LogP contribution in [0.5, 0.6) is 0 Å². The zero-order valence-corrected chi connectivity index (χ0v) is 15.4. The van der Waals surface area contributed by atoms with Crippen LogP contribution in [0.1, 0.15) is 17.2 Å². The summed E-state index contributed by atoms with van der Waals surface area (Å²) in [6.07, 6.45) is 0. The predicted octanol–water partition coefficient (Wildman–Crippen LogP) is 3.33. The molecule has 1 saturated heterocycles. The van der Waals surface area contributed by atoms with Crippen molar-refractivity contribution in [3.05, 3.63) is 64.7 Å². The number of hydrogen-bond acceptors (Lipinski definition) is 3. The Labute approximate surface area is 148 Å². The molecule has 4 nitrogen and oxygen atoms in total. The minimum atomic E-state index is -3.58. The van der Waals surface area contributed by atoms with Crippen LogP contribution in [0.25, 0.3) is 0 Å². The van der Waals surface area contributed by atoms with Crippen molar-refractivity contribution < 1.29 is 8.42 Å². The van der Waals surface area contributed by atoms with Crippen molar-refractivity contribution in [3.63, 3.8) is 0 Å². The van der Waals surface area contributed by atoms with Crippen molar-refractivity contribution in [1.82, 2.24) is 9.21 Å². The van der Waals surface area contributed by atoms with Crippen molar-refractivity contribution in [2.24, 2.45) is 0 Å². The molecule has 3 rings (SSSR count). The molecule has 0 saturated carbocycles. The van der Waals surface area contributed by atoms with Gasteiger partial charge in [-0.2, -0.15) is 4.31 Å². The molecule has 0 radical (unpaired) electrons. The molecule has 0 aliphatic carbocycles. The second-order valence-electron chi connectivity index (χ2n) is 6.21. The summed E-state index contributed by atoms with van der Waals surface area (Å²) in [7, 11) is -1.56. The van der Waals surface area contributed by atoms with Crippen molar-refractivity contribution in [1.29, 1.82) is 0 Å². The van der Waals surface area contributed by atoms with E-state index in [1.165, 1.54) is 0 Å². The molecule has 0 bridgehead atoms. The number of hydrogen-bond donors (Lipinski definition) is 0. The molecule has 1 aliphatic rings. The van der Waals surface area contributed by atoms with E-state index >= 15 is 0 Å². The van der Waals surface area contributed by atoms with E-state index in [1.807, 2.05) is 37.4 Å². The fourth-order valence-electron chi connectivity index (χ4n) is 3.17. The molecule has 1 heterocycles. The van der Waals surface area contributed by atoms with Gasteiger partial charge < -0.3 is 4.90 Å². The molecular formula is C18H21ClN2O2S. The third-order valence-corrected chi connectivity index (χ3v) is 6.75. The van der Waals surface area contributed by atoms with Crippen LogP contribution >= 0.6 is 11.6 Å². The molecule has 2 aromatic carbocycles. The Morgan fingerprint density at radius 2 is 1.79 bits per heavy atom. The topological polar surface area (TPSA) is 40.6 Å². The quantitative estimate of drug-likeness (QED) is 0.838. The van der Waals surface area contributed by atoms with E-state index in [9.17, 15) is 8.42 Å². The zero-order valence-electron chi connectivity index (χ0n) is 13.8. The van der Waals surface area contributed by atoms with Gasteiger partial charge in [0.2, 0.25) is 10.0 Å². The van der Waals surface area contributed by atoms with E-state index in [2.05, 4.69) is 4.90 Å². The summed E-state index contributed by atoms with van der Waals surface area (Å²) in [4.78, 5) is 2.50. The maximum atomic E-state index is 13.3. The van der Waals surface area contributed by atoms with Gasteiger partial charge in [-0.3, -0.25) is 0 Å². The number of nitrogens with zero attached hydrogens (tertiary/aromatic N) is 2. The van der Waals surface area contributed by atoms with Gasteiger partial charge in [-0.05, 0) is 43.3 Å². The molecule has 1 unspecified atom stereocenters. The number of likely N-dealkylation sites (N-methyl/N-ethyl adjacent to an activating group) is 1. The van der Waals surface area contributed by atoms with Crippen molar-refractivity contribution in [3.8, 4) is 0 Å². The standard InChI is InChI=1S/C18H21ClN2O2S/c1-14-12-16(19)8-9-18(14)24(22,23)21-11-10-20(2)13-17(21)15-6-4-3-5-7-15/h3-9,12,17H,10-11,13H2,1-2H3. The average Bonchev–Trinajstić information content (AvgIpc) is 2.55. The van der Waals surface area contributed by atoms with Gasteiger partial charge in [-0.15, -0.1) is 0 Å². The van der Waals surface area contributed by atoms with Gasteiger partial charge in [0.1, 0.15) is 0 Å². The summed E-state index contributed by atoms with van der Waals surface area (Å²) in [6, 6.07) is 14.6. The van der Waals surface area contributed by atoms with E-state index in [4.69, 9.17) is 11.6 Å². The lowest BCUT2D eigenvalue weighted by Crippen LogP contribution is -2.49. The van der Waals surface area contributed by atoms with E-state index in [-0.39, 0.29) is 6.04 Å². The maximum absolute atomic E-state index is 13.3. The maximum Gasteiger partial charge on any atom is 0.243 e. The lowest BCUT2D eigenvalue weighted by Gasteiger charge is -2.39. The van der Waals surface area contributed by atoms with Gasteiger partial charge in [-0.1, -0.05) is 41.9 Å². The second kappa shape index (κ2) is 6.84. The first-order chi connectivity index (χ1) is 11.4. The first-order valence-corrected chi connectivity index (χ1v) is 9.73. The average molecular weight is 365 g/mol. The molecule has 6 heteroatoms. The molecule has 0 spiro atoms. The third kappa shape index (κ3) is 3.35. The number of rotatable bonds is 3. The largest absolute Gasteiger partial charge is 0.303 e. The minimum Gasteiger partial charge on any atom is -0.303 e. The molecule has 128 valence electrons. The molecule has 1 fully saturated rings. The highest BCUT2D eigenvalue weighted by Crippen LogP contribution is 2.32. The molecule has 1 aliphatic heterocycles. The lowest BCUT2D eigenvalue weighted by atomic mass is 10.1. The smallest absolute Gasteiger partial charge is 0.243 e. The molecule has 0 N–H and O–H groups in total. The molecule has 24 heavy (non-hydrogen) atoms. The molecule has 0 aromatic heterocycles. The normalized spacial score (nSPS) is 20.2. The van der Waals surface area contributed by atoms with E-state index in [0.717, 1.165) is 12.1 Å². The highest BCUT2D eigenvalue weighted by Gasteiger charge is 2.36. The van der Waals surface area contributed by atoms with E-state index in [1.54, 1.807) is 29.4 Å². The fraction of sp³-hybridized carbons (Fsp3) is 0.333. The number of aryl methyl sites for hydroxylation is 1. The fourth-order valence-corrected chi connectivity index (χ4v) is 5.20. The van der Waals surface area contributed by atoms with E-state index in [0.29, 0.717) is 28.6 Å². The van der Waals surface area contributed by atoms with Crippen molar-refractivity contribution in [2.75, 3.05) is 26.7 Å². The minimum absolute atomic E-state index is 0.190. The van der Waals surface area contributed by atoms with Gasteiger partial charge in [0, 0.05) is 24.7 Å². The zero-order chi connectivity index (χ0) is 17.3. The van der Waals surface area contributed by atoms with Crippen LogP contribution in [-0.2, 0) is 10.0 Å². The van der Waals surface area contributed by atoms with Crippen LogP contribution in [-0.4, -0.2) is 44.3 Å². The lowest BCUT2D eigenvalue weighted by molar-refractivity contribution is 0.160. The monoisotopic (exact) mass is 364 g/mol. The highest BCUT2D eigenvalue weighted by molar-refractivity contribution is 7.89. The Morgan fingerprint density at radius 3 is 2.46 bits per heavy atom. The Morgan fingerprint density at radius 1 is 1.08 bits per heavy atom. The SMILES string of the molecule is Cc1cc(Cl)ccc1S(=O)(=O)N1CCN(C)CC1c1ccccc1. The van der Waals surface area contributed by atoms with Crippen LogP contribution in [0, 0.1) is 6.92 Å². The van der Waals surface area contributed by atoms with Gasteiger partial charge in [0.25, 0.3) is 0 Å². The molecule has 1 atom stereocenters. The third-order valence-electron chi connectivity index (χ3n) is 4.44. The summed E-state index contributed by atoms with van der Waals surface area (Å²) in [5, 5.41) is 0.546. The Bertz CT molecular complexity index is 824. The van der Waals surface area contributed by atoms with Crippen LogP contribution in [0.3, 0.4) is 0 Å². The number of piperazine rings is 1.